The maximum Gasteiger partial charge on any atom is 0.309 e. The van der Waals surface area contributed by atoms with Gasteiger partial charge in [0.2, 0.25) is 0 Å². The number of para-hydroxylation sites is 1. The number of aromatic nitrogens is 2. The van der Waals surface area contributed by atoms with Crippen LogP contribution in [0.4, 0.5) is 0 Å². The summed E-state index contributed by atoms with van der Waals surface area (Å²) in [5.41, 5.74) is 3.08. The van der Waals surface area contributed by atoms with Gasteiger partial charge in [0.25, 0.3) is 0 Å². The molecular weight excluding hydrogens is 328 g/mol. The van der Waals surface area contributed by atoms with Crippen LogP contribution < -0.4 is 4.74 Å². The Hall–Kier alpha value is -3.08. The van der Waals surface area contributed by atoms with Crippen molar-refractivity contribution in [2.45, 2.75) is 18.9 Å². The van der Waals surface area contributed by atoms with Crippen molar-refractivity contribution in [2.75, 3.05) is 7.11 Å². The Bertz CT molecular complexity index is 888. The lowest BCUT2D eigenvalue weighted by atomic mass is 10.1. The van der Waals surface area contributed by atoms with Gasteiger partial charge >= 0.3 is 5.97 Å². The van der Waals surface area contributed by atoms with Crippen molar-refractivity contribution in [3.8, 4) is 11.4 Å². The first-order chi connectivity index (χ1) is 12.8. The van der Waals surface area contributed by atoms with E-state index in [1.807, 2.05) is 59.3 Å². The van der Waals surface area contributed by atoms with Gasteiger partial charge in [-0.3, -0.25) is 4.79 Å². The molecule has 3 aromatic rings. The van der Waals surface area contributed by atoms with E-state index in [1.54, 1.807) is 19.6 Å². The van der Waals surface area contributed by atoms with E-state index in [0.717, 1.165) is 29.0 Å². The van der Waals surface area contributed by atoms with Crippen LogP contribution in [0.5, 0.6) is 5.75 Å². The number of carbonyl (C=O) groups excluding carboxylic acids is 1. The molecule has 26 heavy (non-hydrogen) atoms. The Balaban J connectivity index is 1.33. The number of carbonyl (C=O) groups is 1. The minimum Gasteiger partial charge on any atom is -0.496 e. The van der Waals surface area contributed by atoms with Crippen LogP contribution in [-0.4, -0.2) is 22.6 Å². The highest BCUT2D eigenvalue weighted by atomic mass is 16.5. The van der Waals surface area contributed by atoms with Crippen LogP contribution >= 0.6 is 0 Å². The van der Waals surface area contributed by atoms with Crippen LogP contribution in [0.2, 0.25) is 0 Å². The molecule has 2 aromatic carbocycles. The van der Waals surface area contributed by atoms with Gasteiger partial charge < -0.3 is 14.0 Å². The van der Waals surface area contributed by atoms with E-state index in [2.05, 4.69) is 4.98 Å². The fraction of sp³-hybridized carbons (Fsp3) is 0.238. The SMILES string of the molecule is COc1ccccc1[C@@H]1C[C@H]1C(=O)OCc1ccc(-n2ccnc2)cc1. The summed E-state index contributed by atoms with van der Waals surface area (Å²) in [5, 5.41) is 0. The summed E-state index contributed by atoms with van der Waals surface area (Å²) in [4.78, 5) is 16.4. The summed E-state index contributed by atoms with van der Waals surface area (Å²) >= 11 is 0. The molecule has 1 saturated carbocycles. The van der Waals surface area contributed by atoms with E-state index in [9.17, 15) is 4.79 Å². The third kappa shape index (κ3) is 3.33. The van der Waals surface area contributed by atoms with Crippen molar-refractivity contribution in [1.82, 2.24) is 9.55 Å². The van der Waals surface area contributed by atoms with E-state index in [4.69, 9.17) is 9.47 Å². The van der Waals surface area contributed by atoms with E-state index in [1.165, 1.54) is 0 Å². The molecule has 1 fully saturated rings. The quantitative estimate of drug-likeness (QED) is 0.637. The van der Waals surface area contributed by atoms with E-state index >= 15 is 0 Å². The Morgan fingerprint density at radius 3 is 2.73 bits per heavy atom. The van der Waals surface area contributed by atoms with Crippen LogP contribution in [0.1, 0.15) is 23.5 Å². The zero-order valence-corrected chi connectivity index (χ0v) is 14.5. The second-order valence-corrected chi connectivity index (χ2v) is 6.43. The van der Waals surface area contributed by atoms with Gasteiger partial charge in [-0.2, -0.15) is 0 Å². The maximum atomic E-state index is 12.3. The lowest BCUT2D eigenvalue weighted by Gasteiger charge is -2.08. The third-order valence-electron chi connectivity index (χ3n) is 4.75. The Morgan fingerprint density at radius 1 is 1.19 bits per heavy atom. The third-order valence-corrected chi connectivity index (χ3v) is 4.75. The highest BCUT2D eigenvalue weighted by molar-refractivity contribution is 5.77. The molecule has 0 saturated heterocycles. The second kappa shape index (κ2) is 7.04. The molecule has 1 aliphatic carbocycles. The van der Waals surface area contributed by atoms with Gasteiger partial charge in [-0.05, 0) is 35.7 Å². The molecule has 1 heterocycles. The van der Waals surface area contributed by atoms with Crippen LogP contribution in [0.3, 0.4) is 0 Å². The summed E-state index contributed by atoms with van der Waals surface area (Å²) in [6, 6.07) is 15.8. The molecule has 2 atom stereocenters. The average molecular weight is 348 g/mol. The van der Waals surface area contributed by atoms with Crippen molar-refractivity contribution in [3.63, 3.8) is 0 Å². The molecule has 1 aliphatic rings. The summed E-state index contributed by atoms with van der Waals surface area (Å²) in [5.74, 6) is 0.821. The van der Waals surface area contributed by atoms with Crippen LogP contribution in [0.15, 0.2) is 67.3 Å². The molecule has 0 radical (unpaired) electrons. The lowest BCUT2D eigenvalue weighted by molar-refractivity contribution is -0.146. The molecule has 5 nitrogen and oxygen atoms in total. The first-order valence-electron chi connectivity index (χ1n) is 8.63. The van der Waals surface area contributed by atoms with Crippen molar-refractivity contribution in [3.05, 3.63) is 78.4 Å². The minimum atomic E-state index is -0.139. The number of imidazole rings is 1. The minimum absolute atomic E-state index is 0.0727. The van der Waals surface area contributed by atoms with Gasteiger partial charge in [0.05, 0.1) is 19.4 Å². The summed E-state index contributed by atoms with van der Waals surface area (Å²) in [6.07, 6.45) is 6.20. The zero-order chi connectivity index (χ0) is 17.9. The Kier molecular flexibility index (Phi) is 4.44. The number of hydrogen-bond acceptors (Lipinski definition) is 4. The average Bonchev–Trinajstić information content (AvgIpc) is 3.30. The number of hydrogen-bond donors (Lipinski definition) is 0. The highest BCUT2D eigenvalue weighted by Crippen LogP contribution is 2.50. The second-order valence-electron chi connectivity index (χ2n) is 6.43. The topological polar surface area (TPSA) is 53.4 Å². The first kappa shape index (κ1) is 16.4. The largest absolute Gasteiger partial charge is 0.496 e. The molecule has 0 aliphatic heterocycles. The lowest BCUT2D eigenvalue weighted by Crippen LogP contribution is -2.08. The van der Waals surface area contributed by atoms with Crippen molar-refractivity contribution < 1.29 is 14.3 Å². The molecule has 0 N–H and O–H groups in total. The molecule has 0 bridgehead atoms. The smallest absolute Gasteiger partial charge is 0.309 e. The number of ether oxygens (including phenoxy) is 2. The molecule has 0 unspecified atom stereocenters. The zero-order valence-electron chi connectivity index (χ0n) is 14.5. The molecular formula is C21H20N2O3. The highest BCUT2D eigenvalue weighted by Gasteiger charge is 2.46. The normalized spacial score (nSPS) is 18.3. The number of nitrogens with zero attached hydrogens (tertiary/aromatic N) is 2. The molecule has 5 heteroatoms. The number of benzene rings is 2. The van der Waals surface area contributed by atoms with E-state index < -0.39 is 0 Å². The van der Waals surface area contributed by atoms with E-state index in [0.29, 0.717) is 0 Å². The van der Waals surface area contributed by atoms with Crippen LogP contribution in [0.25, 0.3) is 5.69 Å². The van der Waals surface area contributed by atoms with Gasteiger partial charge in [0, 0.05) is 24.0 Å². The predicted molar refractivity (Wildman–Crippen MR) is 97.2 cm³/mol. The van der Waals surface area contributed by atoms with Gasteiger partial charge in [-0.15, -0.1) is 0 Å². The van der Waals surface area contributed by atoms with Gasteiger partial charge in [-0.1, -0.05) is 30.3 Å². The molecule has 4 rings (SSSR count). The fourth-order valence-electron chi connectivity index (χ4n) is 3.21. The van der Waals surface area contributed by atoms with E-state index in [-0.39, 0.29) is 24.4 Å². The molecule has 0 spiro atoms. The predicted octanol–water partition coefficient (Wildman–Crippen LogP) is 3.73. The summed E-state index contributed by atoms with van der Waals surface area (Å²) in [6.45, 7) is 0.290. The van der Waals surface area contributed by atoms with Gasteiger partial charge in [0.15, 0.2) is 0 Å². The summed E-state index contributed by atoms with van der Waals surface area (Å²) < 4.78 is 12.8. The Labute approximate surface area is 152 Å². The van der Waals surface area contributed by atoms with Crippen molar-refractivity contribution in [2.24, 2.45) is 5.92 Å². The van der Waals surface area contributed by atoms with Gasteiger partial charge in [-0.25, -0.2) is 4.98 Å². The number of methoxy groups -OCH3 is 1. The van der Waals surface area contributed by atoms with Crippen LogP contribution in [-0.2, 0) is 16.1 Å². The van der Waals surface area contributed by atoms with Crippen molar-refractivity contribution in [1.29, 1.82) is 0 Å². The first-order valence-corrected chi connectivity index (χ1v) is 8.63. The Morgan fingerprint density at radius 2 is 2.00 bits per heavy atom. The standard InChI is InChI=1S/C21H20N2O3/c1-25-20-5-3-2-4-17(20)18-12-19(18)21(24)26-13-15-6-8-16(9-7-15)23-11-10-22-14-23/h2-11,14,18-19H,12-13H2,1H3/t18-,19+/m0/s1. The van der Waals surface area contributed by atoms with Gasteiger partial charge in [0.1, 0.15) is 12.4 Å². The molecule has 0 amide bonds. The van der Waals surface area contributed by atoms with Crippen LogP contribution in [0, 0.1) is 5.92 Å². The summed E-state index contributed by atoms with van der Waals surface area (Å²) in [7, 11) is 1.65. The maximum absolute atomic E-state index is 12.3. The van der Waals surface area contributed by atoms with Crippen molar-refractivity contribution >= 4 is 5.97 Å². The number of rotatable bonds is 6. The number of esters is 1. The fourth-order valence-corrected chi connectivity index (χ4v) is 3.21. The molecule has 1 aromatic heterocycles. The monoisotopic (exact) mass is 348 g/mol. The molecule has 132 valence electrons.